The molecule has 0 unspecified atom stereocenters. The molecule has 9 heteroatoms. The fourth-order valence-corrected chi connectivity index (χ4v) is 5.89. The van der Waals surface area contributed by atoms with Gasteiger partial charge < -0.3 is 15.2 Å². The first-order valence-electron chi connectivity index (χ1n) is 12.2. The lowest BCUT2D eigenvalue weighted by Gasteiger charge is -2.22. The molecule has 2 amide bonds. The molecule has 0 bridgehead atoms. The molecular weight excluding hydrogens is 452 g/mol. The second-order valence-corrected chi connectivity index (χ2v) is 9.90. The van der Waals surface area contributed by atoms with Gasteiger partial charge in [0, 0.05) is 19.2 Å². The molecule has 2 aromatic carbocycles. The Labute approximate surface area is 201 Å². The highest BCUT2D eigenvalue weighted by molar-refractivity contribution is 6.10. The van der Waals surface area contributed by atoms with Gasteiger partial charge in [-0.05, 0) is 68.5 Å². The van der Waals surface area contributed by atoms with E-state index in [2.05, 4.69) is 9.88 Å². The molecule has 1 aliphatic carbocycles. The number of aromatic nitrogens is 2. The smallest absolute Gasteiger partial charge is 0.238 e. The Balaban J connectivity index is 1.30. The van der Waals surface area contributed by atoms with Gasteiger partial charge in [-0.15, -0.1) is 0 Å². The third kappa shape index (κ3) is 3.60. The van der Waals surface area contributed by atoms with Gasteiger partial charge in [-0.25, -0.2) is 13.8 Å². The number of halogens is 2. The summed E-state index contributed by atoms with van der Waals surface area (Å²) >= 11 is 0. The lowest BCUT2D eigenvalue weighted by molar-refractivity contribution is -0.122. The van der Waals surface area contributed by atoms with E-state index in [4.69, 9.17) is 5.73 Å². The van der Waals surface area contributed by atoms with Crippen LogP contribution in [0.3, 0.4) is 0 Å². The maximum absolute atomic E-state index is 14.1. The number of fused-ring (bicyclic) bond motifs is 3. The van der Waals surface area contributed by atoms with Crippen LogP contribution in [-0.4, -0.2) is 45.4 Å². The molecule has 7 nitrogen and oxygen atoms in total. The number of aryl methyl sites for hydroxylation is 1. The monoisotopic (exact) mass is 479 g/mol. The summed E-state index contributed by atoms with van der Waals surface area (Å²) in [5.74, 6) is -0.454. The molecule has 0 radical (unpaired) electrons. The number of carbonyl (C=O) groups excluding carboxylic acids is 2. The van der Waals surface area contributed by atoms with E-state index in [1.807, 2.05) is 4.57 Å². The van der Waals surface area contributed by atoms with E-state index in [1.165, 1.54) is 24.3 Å². The van der Waals surface area contributed by atoms with Crippen LogP contribution in [0.2, 0.25) is 0 Å². The van der Waals surface area contributed by atoms with Crippen molar-refractivity contribution in [1.82, 2.24) is 14.5 Å². The number of carbonyl (C=O) groups is 2. The van der Waals surface area contributed by atoms with Gasteiger partial charge in [0.15, 0.2) is 0 Å². The minimum absolute atomic E-state index is 0.0238. The molecule has 2 N–H and O–H groups in total. The molecule has 2 fully saturated rings. The highest BCUT2D eigenvalue weighted by atomic mass is 19.1. The van der Waals surface area contributed by atoms with E-state index in [0.29, 0.717) is 30.1 Å². The van der Waals surface area contributed by atoms with Crippen LogP contribution in [0.1, 0.15) is 43.5 Å². The number of primary amides is 1. The van der Waals surface area contributed by atoms with E-state index >= 15 is 0 Å². The molecule has 1 atom stereocenters. The summed E-state index contributed by atoms with van der Waals surface area (Å²) in [5, 5.41) is 0. The summed E-state index contributed by atoms with van der Waals surface area (Å²) < 4.78 is 30.1. The summed E-state index contributed by atoms with van der Waals surface area (Å²) in [4.78, 5) is 33.5. The number of nitrogens with zero attached hydrogens (tertiary/aromatic N) is 4. The van der Waals surface area contributed by atoms with Crippen LogP contribution >= 0.6 is 0 Å². The van der Waals surface area contributed by atoms with Gasteiger partial charge in [-0.2, -0.15) is 0 Å². The highest BCUT2D eigenvalue weighted by Crippen LogP contribution is 2.57. The van der Waals surface area contributed by atoms with E-state index in [-0.39, 0.29) is 36.0 Å². The van der Waals surface area contributed by atoms with Crippen LogP contribution in [0.15, 0.2) is 36.4 Å². The molecule has 182 valence electrons. The van der Waals surface area contributed by atoms with E-state index in [9.17, 15) is 18.4 Å². The number of hydrogen-bond acceptors (Lipinski definition) is 4. The van der Waals surface area contributed by atoms with Crippen molar-refractivity contribution < 1.29 is 18.4 Å². The average Bonchev–Trinajstić information content (AvgIpc) is 3.28. The zero-order chi connectivity index (χ0) is 24.3. The molecule has 3 heterocycles. The number of nitrogens with two attached hydrogens (primary N) is 1. The summed E-state index contributed by atoms with van der Waals surface area (Å²) in [6, 6.07) is 8.81. The molecule has 1 spiro atoms. The van der Waals surface area contributed by atoms with Crippen LogP contribution in [0, 0.1) is 11.6 Å². The first-order chi connectivity index (χ1) is 16.9. The van der Waals surface area contributed by atoms with Crippen LogP contribution in [0.25, 0.3) is 11.0 Å². The average molecular weight is 480 g/mol. The Hall–Kier alpha value is -3.33. The number of benzene rings is 2. The van der Waals surface area contributed by atoms with Gasteiger partial charge in [0.25, 0.3) is 0 Å². The first kappa shape index (κ1) is 22.2. The lowest BCUT2D eigenvalue weighted by atomic mass is 9.98. The second-order valence-electron chi connectivity index (χ2n) is 9.90. The Bertz CT molecular complexity index is 1350. The number of anilines is 1. The van der Waals surface area contributed by atoms with Crippen molar-refractivity contribution in [1.29, 1.82) is 0 Å². The van der Waals surface area contributed by atoms with Crippen molar-refractivity contribution in [2.45, 2.75) is 56.7 Å². The first-order valence-corrected chi connectivity index (χ1v) is 12.2. The highest BCUT2D eigenvalue weighted by Gasteiger charge is 2.59. The zero-order valence-electron chi connectivity index (χ0n) is 19.3. The van der Waals surface area contributed by atoms with Gasteiger partial charge in [0.2, 0.25) is 11.8 Å². The molecule has 6 rings (SSSR count). The summed E-state index contributed by atoms with van der Waals surface area (Å²) in [6.07, 6.45) is 3.99. The molecule has 35 heavy (non-hydrogen) atoms. The van der Waals surface area contributed by atoms with Gasteiger partial charge in [-0.1, -0.05) is 6.07 Å². The fraction of sp³-hybridized carbons (Fsp3) is 0.423. The molecule has 3 aromatic rings. The molecule has 1 saturated heterocycles. The summed E-state index contributed by atoms with van der Waals surface area (Å²) in [5.41, 5.74) is 7.79. The topological polar surface area (TPSA) is 84.5 Å². The lowest BCUT2D eigenvalue weighted by Crippen LogP contribution is -2.40. The minimum Gasteiger partial charge on any atom is -0.368 e. The maximum atomic E-state index is 14.1. The van der Waals surface area contributed by atoms with E-state index < -0.39 is 5.41 Å². The number of amides is 2. The van der Waals surface area contributed by atoms with Crippen molar-refractivity contribution in [2.75, 3.05) is 18.0 Å². The standard InChI is InChI=1S/C26H27F2N5O2/c27-16-5-7-20-19(13-16)30-23(32(20)12-2-11-31-10-1-3-21(31)24(29)34)15-33-22-14-17(28)4-6-18(22)26(8-9-26)25(33)35/h4-7,13-14,21H,1-3,8-12,15H2,(H2,29,34)/t21-/m0/s1. The Morgan fingerprint density at radius 2 is 1.89 bits per heavy atom. The van der Waals surface area contributed by atoms with E-state index in [1.54, 1.807) is 17.0 Å². The quantitative estimate of drug-likeness (QED) is 0.564. The van der Waals surface area contributed by atoms with Gasteiger partial charge in [0.05, 0.1) is 34.7 Å². The van der Waals surface area contributed by atoms with Gasteiger partial charge in [0.1, 0.15) is 17.5 Å². The SMILES string of the molecule is NC(=O)[C@@H]1CCCN1CCCn1c(CN2C(=O)C3(CC3)c3ccc(F)cc32)nc2cc(F)ccc21. The largest absolute Gasteiger partial charge is 0.368 e. The minimum atomic E-state index is -0.536. The van der Waals surface area contributed by atoms with E-state index in [0.717, 1.165) is 49.7 Å². The van der Waals surface area contributed by atoms with Crippen LogP contribution in [-0.2, 0) is 28.1 Å². The number of hydrogen-bond donors (Lipinski definition) is 1. The van der Waals surface area contributed by atoms with Crippen LogP contribution < -0.4 is 10.6 Å². The molecule has 1 aromatic heterocycles. The van der Waals surface area contributed by atoms with Crippen LogP contribution in [0.4, 0.5) is 14.5 Å². The third-order valence-electron chi connectivity index (χ3n) is 7.78. The maximum Gasteiger partial charge on any atom is 0.238 e. The molecule has 1 saturated carbocycles. The Morgan fingerprint density at radius 1 is 1.11 bits per heavy atom. The van der Waals surface area contributed by atoms with Crippen molar-refractivity contribution in [3.8, 4) is 0 Å². The van der Waals surface area contributed by atoms with Crippen molar-refractivity contribution in [2.24, 2.45) is 5.73 Å². The Kier molecular flexibility index (Phi) is 5.14. The molecule has 2 aliphatic heterocycles. The van der Waals surface area contributed by atoms with Crippen molar-refractivity contribution >= 4 is 28.5 Å². The Morgan fingerprint density at radius 3 is 2.66 bits per heavy atom. The van der Waals surface area contributed by atoms with Gasteiger partial charge in [-0.3, -0.25) is 14.5 Å². The predicted octanol–water partition coefficient (Wildman–Crippen LogP) is 3.23. The van der Waals surface area contributed by atoms with Crippen molar-refractivity contribution in [3.05, 3.63) is 59.4 Å². The summed E-state index contributed by atoms with van der Waals surface area (Å²) in [7, 11) is 0. The third-order valence-corrected chi connectivity index (χ3v) is 7.78. The summed E-state index contributed by atoms with van der Waals surface area (Å²) in [6.45, 7) is 2.31. The number of imidazole rings is 1. The molecular formula is C26H27F2N5O2. The fourth-order valence-electron chi connectivity index (χ4n) is 5.89. The van der Waals surface area contributed by atoms with Crippen LogP contribution in [0.5, 0.6) is 0 Å². The number of likely N-dealkylation sites (tertiary alicyclic amines) is 1. The number of rotatable bonds is 7. The second kappa shape index (κ2) is 8.12. The van der Waals surface area contributed by atoms with Crippen molar-refractivity contribution in [3.63, 3.8) is 0 Å². The normalized spacial score (nSPS) is 20.8. The van der Waals surface area contributed by atoms with Gasteiger partial charge >= 0.3 is 0 Å². The predicted molar refractivity (Wildman–Crippen MR) is 127 cm³/mol. The molecule has 3 aliphatic rings. The zero-order valence-corrected chi connectivity index (χ0v) is 19.3.